The molecule has 1 aromatic rings. The molecule has 4 aliphatic rings. The van der Waals surface area contributed by atoms with E-state index in [9.17, 15) is 15.0 Å². The Morgan fingerprint density at radius 3 is 2.77 bits per heavy atom. The molecule has 2 heterocycles. The van der Waals surface area contributed by atoms with Gasteiger partial charge in [0.1, 0.15) is 18.0 Å². The van der Waals surface area contributed by atoms with Crippen molar-refractivity contribution in [3.63, 3.8) is 0 Å². The van der Waals surface area contributed by atoms with Gasteiger partial charge in [0.05, 0.1) is 0 Å². The fourth-order valence-corrected chi connectivity index (χ4v) is 6.64. The minimum absolute atomic E-state index is 0. The van der Waals surface area contributed by atoms with Crippen LogP contribution >= 0.6 is 0 Å². The van der Waals surface area contributed by atoms with Crippen molar-refractivity contribution in [2.24, 2.45) is 5.92 Å². The molecule has 1 saturated heterocycles. The molecule has 2 aliphatic heterocycles. The first kappa shape index (κ1) is 22.3. The van der Waals surface area contributed by atoms with Crippen LogP contribution in [0.25, 0.3) is 0 Å². The van der Waals surface area contributed by atoms with E-state index in [2.05, 4.69) is 24.9 Å². The SMILES string of the molecule is CC[C](C)C(C(C)=O)c1cc(O)c2c3c1C[C@@H]1[C@@H]4C=C[C@H](O)[C@H](O2)[C@]34CCN1C.[NaH]. The van der Waals surface area contributed by atoms with Crippen LogP contribution in [0.15, 0.2) is 18.2 Å². The van der Waals surface area contributed by atoms with Gasteiger partial charge in [0.15, 0.2) is 11.5 Å². The van der Waals surface area contributed by atoms with Crippen LogP contribution in [0.1, 0.15) is 56.2 Å². The molecule has 6 atom stereocenters. The number of aliphatic hydroxyl groups excluding tert-OH is 1. The van der Waals surface area contributed by atoms with Crippen LogP contribution in [0.5, 0.6) is 11.5 Å². The number of aromatic hydroxyl groups is 1. The summed E-state index contributed by atoms with van der Waals surface area (Å²) in [5, 5.41) is 21.7. The number of carbonyl (C=O) groups is 1. The number of ether oxygens (including phenoxy) is 1. The second-order valence-corrected chi connectivity index (χ2v) is 9.39. The third-order valence-electron chi connectivity index (χ3n) is 8.08. The zero-order chi connectivity index (χ0) is 20.7. The predicted molar refractivity (Wildman–Crippen MR) is 117 cm³/mol. The van der Waals surface area contributed by atoms with Crippen LogP contribution in [0.2, 0.25) is 0 Å². The van der Waals surface area contributed by atoms with E-state index in [-0.39, 0.29) is 64.4 Å². The van der Waals surface area contributed by atoms with Gasteiger partial charge in [0, 0.05) is 28.9 Å². The minimum atomic E-state index is -0.691. The van der Waals surface area contributed by atoms with Gasteiger partial charge in [-0.1, -0.05) is 26.0 Å². The van der Waals surface area contributed by atoms with E-state index in [1.807, 2.05) is 13.0 Å². The van der Waals surface area contributed by atoms with Crippen LogP contribution in [0, 0.1) is 11.8 Å². The zero-order valence-electron chi connectivity index (χ0n) is 17.6. The Hall–Kier alpha value is -0.850. The summed E-state index contributed by atoms with van der Waals surface area (Å²) in [6, 6.07) is 2.05. The van der Waals surface area contributed by atoms with Crippen LogP contribution in [-0.2, 0) is 16.6 Å². The number of Topliss-reactive ketones (excluding diaryl/α,β-unsaturated/α-hetero) is 1. The van der Waals surface area contributed by atoms with Crippen molar-refractivity contribution in [3.05, 3.63) is 40.8 Å². The van der Waals surface area contributed by atoms with E-state index in [0.29, 0.717) is 11.8 Å². The summed E-state index contributed by atoms with van der Waals surface area (Å²) < 4.78 is 6.28. The summed E-state index contributed by atoms with van der Waals surface area (Å²) in [6.45, 7) is 6.68. The maximum atomic E-state index is 12.7. The Balaban J connectivity index is 0.00000218. The van der Waals surface area contributed by atoms with Crippen molar-refractivity contribution in [1.82, 2.24) is 4.90 Å². The second-order valence-electron chi connectivity index (χ2n) is 9.39. The van der Waals surface area contributed by atoms with Crippen molar-refractivity contribution in [3.8, 4) is 11.5 Å². The third kappa shape index (κ3) is 2.75. The van der Waals surface area contributed by atoms with Gasteiger partial charge in [-0.2, -0.15) is 0 Å². The fourth-order valence-electron chi connectivity index (χ4n) is 6.64. The molecule has 2 N–H and O–H groups in total. The van der Waals surface area contributed by atoms with Gasteiger partial charge in [-0.05, 0) is 62.9 Å². The summed E-state index contributed by atoms with van der Waals surface area (Å²) in [5.41, 5.74) is 2.82. The van der Waals surface area contributed by atoms with E-state index < -0.39 is 6.10 Å². The molecular weight excluding hydrogens is 389 g/mol. The predicted octanol–water partition coefficient (Wildman–Crippen LogP) is 2.23. The molecule has 1 aromatic carbocycles. The monoisotopic (exact) mass is 420 g/mol. The molecule has 1 unspecified atom stereocenters. The van der Waals surface area contributed by atoms with Crippen LogP contribution in [-0.4, -0.2) is 82.3 Å². The number of benzene rings is 1. The zero-order valence-corrected chi connectivity index (χ0v) is 17.6. The Morgan fingerprint density at radius 2 is 2.10 bits per heavy atom. The Morgan fingerprint density at radius 1 is 1.37 bits per heavy atom. The number of aliphatic hydroxyl groups is 1. The first-order valence-corrected chi connectivity index (χ1v) is 10.8. The normalized spacial score (nSPS) is 34.2. The number of rotatable bonds is 4. The fraction of sp³-hybridized carbons (Fsp3) is 0.583. The number of likely N-dealkylation sites (N-methyl/N-ethyl adjacent to an activating group) is 1. The molecule has 1 radical (unpaired) electrons. The molecule has 1 fully saturated rings. The number of nitrogens with zero attached hydrogens (tertiary/aromatic N) is 1. The van der Waals surface area contributed by atoms with E-state index in [4.69, 9.17) is 4.74 Å². The van der Waals surface area contributed by atoms with Crippen molar-refractivity contribution >= 4 is 35.3 Å². The number of likely N-dealkylation sites (tertiary alicyclic amines) is 1. The molecule has 157 valence electrons. The third-order valence-corrected chi connectivity index (χ3v) is 8.08. The average Bonchev–Trinajstić information content (AvgIpc) is 3.03. The first-order valence-electron chi connectivity index (χ1n) is 10.8. The van der Waals surface area contributed by atoms with Crippen molar-refractivity contribution in [2.75, 3.05) is 13.6 Å². The van der Waals surface area contributed by atoms with Crippen molar-refractivity contribution in [1.29, 1.82) is 0 Å². The molecule has 5 nitrogen and oxygen atoms in total. The number of hydrogen-bond donors (Lipinski definition) is 2. The standard InChI is InChI=1S/C24H30NO4.Na.H/c1-5-12(2)20(13(3)26)14-11-19(28)22-21-15(14)10-17-16-6-7-18(27)23(29-22)24(16,21)8-9-25(17)4;;/h6-7,11,16-18,20,23,27-28H,5,8-10H2,1-4H3;;/t16-,17+,18-,20?,23-,24-;;/m0../s1. The Kier molecular flexibility index (Phi) is 5.68. The molecule has 0 amide bonds. The molecule has 30 heavy (non-hydrogen) atoms. The van der Waals surface area contributed by atoms with Gasteiger partial charge in [0.2, 0.25) is 0 Å². The van der Waals surface area contributed by atoms with E-state index in [1.54, 1.807) is 13.0 Å². The molecule has 1 spiro atoms. The van der Waals surface area contributed by atoms with Crippen LogP contribution in [0.3, 0.4) is 0 Å². The van der Waals surface area contributed by atoms with Gasteiger partial charge < -0.3 is 19.8 Å². The quantitative estimate of drug-likeness (QED) is 0.578. The second kappa shape index (κ2) is 7.63. The van der Waals surface area contributed by atoms with Gasteiger partial charge in [-0.15, -0.1) is 0 Å². The van der Waals surface area contributed by atoms with Crippen LogP contribution < -0.4 is 4.74 Å². The van der Waals surface area contributed by atoms with Crippen molar-refractivity contribution in [2.45, 2.75) is 69.6 Å². The molecular formula is C24H31NNaO4. The topological polar surface area (TPSA) is 70.0 Å². The molecule has 0 aromatic heterocycles. The van der Waals surface area contributed by atoms with E-state index in [0.717, 1.165) is 48.4 Å². The molecule has 2 bridgehead atoms. The molecule has 0 saturated carbocycles. The van der Waals surface area contributed by atoms with Gasteiger partial charge >= 0.3 is 29.6 Å². The van der Waals surface area contributed by atoms with Gasteiger partial charge in [-0.3, -0.25) is 4.79 Å². The molecule has 5 rings (SSSR count). The summed E-state index contributed by atoms with van der Waals surface area (Å²) in [7, 11) is 2.17. The van der Waals surface area contributed by atoms with Gasteiger partial charge in [0.25, 0.3) is 0 Å². The molecule has 2 aliphatic carbocycles. The number of ketones is 1. The first-order chi connectivity index (χ1) is 13.8. The number of phenols is 1. The number of hydrogen-bond acceptors (Lipinski definition) is 5. The van der Waals surface area contributed by atoms with Crippen LogP contribution in [0.4, 0.5) is 0 Å². The summed E-state index contributed by atoms with van der Waals surface area (Å²) in [6.07, 6.45) is 5.48. The number of carbonyl (C=O) groups excluding carboxylic acids is 1. The van der Waals surface area contributed by atoms with E-state index >= 15 is 0 Å². The van der Waals surface area contributed by atoms with E-state index in [1.165, 1.54) is 0 Å². The average molecular weight is 421 g/mol. The Labute approximate surface area is 200 Å². The molecule has 6 heteroatoms. The maximum absolute atomic E-state index is 12.7. The summed E-state index contributed by atoms with van der Waals surface area (Å²) >= 11 is 0. The number of phenolic OH excluding ortho intramolecular Hbond substituents is 1. The summed E-state index contributed by atoms with van der Waals surface area (Å²) in [4.78, 5) is 15.1. The Bertz CT molecular complexity index is 915. The van der Waals surface area contributed by atoms with Gasteiger partial charge in [-0.25, -0.2) is 0 Å². The van der Waals surface area contributed by atoms with Crippen molar-refractivity contribution < 1.29 is 19.7 Å². The summed E-state index contributed by atoms with van der Waals surface area (Å²) in [5.74, 6) is 1.78. The number of piperidine rings is 1.